The van der Waals surface area contributed by atoms with E-state index < -0.39 is 0 Å². The lowest BCUT2D eigenvalue weighted by Gasteiger charge is -2.13. The van der Waals surface area contributed by atoms with Gasteiger partial charge in [0.15, 0.2) is 0 Å². The molecule has 4 nitrogen and oxygen atoms in total. The van der Waals surface area contributed by atoms with Crippen molar-refractivity contribution in [3.05, 3.63) is 23.0 Å². The van der Waals surface area contributed by atoms with E-state index in [1.807, 2.05) is 13.1 Å². The number of nitrogens with zero attached hydrogens (tertiary/aromatic N) is 1. The lowest BCUT2D eigenvalue weighted by atomic mass is 10.1. The van der Waals surface area contributed by atoms with Crippen LogP contribution in [0, 0.1) is 6.92 Å². The predicted molar refractivity (Wildman–Crippen MR) is 54.9 cm³/mol. The Bertz CT molecular complexity index is 361. The number of aromatic nitrogens is 1. The molecule has 15 heavy (non-hydrogen) atoms. The van der Waals surface area contributed by atoms with E-state index in [9.17, 15) is 0 Å². The molecule has 0 bridgehead atoms. The average molecular weight is 209 g/mol. The molecule has 0 aliphatic carbocycles. The van der Waals surface area contributed by atoms with Gasteiger partial charge in [0, 0.05) is 24.4 Å². The van der Waals surface area contributed by atoms with E-state index in [1.165, 1.54) is 0 Å². The minimum Gasteiger partial charge on any atom is -0.494 e. The van der Waals surface area contributed by atoms with Crippen LogP contribution in [0.2, 0.25) is 0 Å². The molecule has 0 spiro atoms. The number of aryl methyl sites for hydroxylation is 1. The van der Waals surface area contributed by atoms with Gasteiger partial charge >= 0.3 is 0 Å². The summed E-state index contributed by atoms with van der Waals surface area (Å²) >= 11 is 0. The lowest BCUT2D eigenvalue weighted by molar-refractivity contribution is 0.182. The molecule has 2 heterocycles. The summed E-state index contributed by atoms with van der Waals surface area (Å²) in [5.41, 5.74) is 3.03. The van der Waals surface area contributed by atoms with Crippen molar-refractivity contribution in [1.29, 1.82) is 0 Å². The second-order valence-electron chi connectivity index (χ2n) is 3.57. The van der Waals surface area contributed by atoms with Gasteiger partial charge in [0.1, 0.15) is 11.9 Å². The first-order chi connectivity index (χ1) is 7.27. The zero-order valence-corrected chi connectivity index (χ0v) is 9.24. The summed E-state index contributed by atoms with van der Waals surface area (Å²) in [5, 5.41) is 0. The Morgan fingerprint density at radius 2 is 2.27 bits per heavy atom. The van der Waals surface area contributed by atoms with Gasteiger partial charge in [-0.2, -0.15) is 0 Å². The van der Waals surface area contributed by atoms with Crippen molar-refractivity contribution in [2.45, 2.75) is 19.6 Å². The Morgan fingerprint density at radius 1 is 1.53 bits per heavy atom. The largest absolute Gasteiger partial charge is 0.494 e. The summed E-state index contributed by atoms with van der Waals surface area (Å²) in [4.78, 5) is 4.28. The van der Waals surface area contributed by atoms with Crippen LogP contribution in [0.5, 0.6) is 5.75 Å². The van der Waals surface area contributed by atoms with E-state index >= 15 is 0 Å². The third kappa shape index (κ3) is 1.96. The molecule has 0 aromatic carbocycles. The van der Waals surface area contributed by atoms with Crippen molar-refractivity contribution in [3.8, 4) is 5.75 Å². The quantitative estimate of drug-likeness (QED) is 0.707. The summed E-state index contributed by atoms with van der Waals surface area (Å²) < 4.78 is 15.8. The second-order valence-corrected chi connectivity index (χ2v) is 3.57. The molecule has 1 saturated heterocycles. The zero-order valence-electron chi connectivity index (χ0n) is 9.24. The summed E-state index contributed by atoms with van der Waals surface area (Å²) in [6, 6.07) is 0. The Morgan fingerprint density at radius 3 is 2.80 bits per heavy atom. The summed E-state index contributed by atoms with van der Waals surface area (Å²) in [6.07, 6.45) is 1.99. The van der Waals surface area contributed by atoms with Crippen LogP contribution < -0.4 is 4.74 Å². The van der Waals surface area contributed by atoms with Gasteiger partial charge in [0.05, 0.1) is 26.0 Å². The lowest BCUT2D eigenvalue weighted by Crippen LogP contribution is -2.03. The van der Waals surface area contributed by atoms with E-state index in [0.717, 1.165) is 29.2 Å². The van der Waals surface area contributed by atoms with E-state index in [1.54, 1.807) is 14.2 Å². The Balaban J connectivity index is 2.45. The van der Waals surface area contributed by atoms with Gasteiger partial charge in [-0.25, -0.2) is 0 Å². The maximum Gasteiger partial charge on any atom is 0.146 e. The molecule has 0 N–H and O–H groups in total. The highest BCUT2D eigenvalue weighted by molar-refractivity contribution is 5.44. The molecule has 82 valence electrons. The van der Waals surface area contributed by atoms with Gasteiger partial charge in [-0.05, 0) is 6.92 Å². The number of rotatable bonds is 4. The van der Waals surface area contributed by atoms with Crippen molar-refractivity contribution in [1.82, 2.24) is 4.98 Å². The smallest absolute Gasteiger partial charge is 0.146 e. The number of pyridine rings is 1. The number of ether oxygens (including phenoxy) is 3. The number of epoxide rings is 1. The Hall–Kier alpha value is -1.13. The van der Waals surface area contributed by atoms with Gasteiger partial charge in [-0.15, -0.1) is 0 Å². The molecule has 1 aromatic heterocycles. The van der Waals surface area contributed by atoms with Crippen LogP contribution in [0.1, 0.15) is 22.9 Å². The first-order valence-corrected chi connectivity index (χ1v) is 4.90. The summed E-state index contributed by atoms with van der Waals surface area (Å²) in [5.74, 6) is 0.826. The molecular weight excluding hydrogens is 194 g/mol. The number of methoxy groups -OCH3 is 2. The summed E-state index contributed by atoms with van der Waals surface area (Å²) in [7, 11) is 3.33. The van der Waals surface area contributed by atoms with Crippen LogP contribution >= 0.6 is 0 Å². The summed E-state index contributed by atoms with van der Waals surface area (Å²) in [6.45, 7) is 3.23. The Kier molecular flexibility index (Phi) is 2.88. The highest BCUT2D eigenvalue weighted by Crippen LogP contribution is 2.39. The van der Waals surface area contributed by atoms with Crippen molar-refractivity contribution in [2.24, 2.45) is 0 Å². The van der Waals surface area contributed by atoms with Crippen molar-refractivity contribution < 1.29 is 14.2 Å². The molecule has 0 radical (unpaired) electrons. The predicted octanol–water partition coefficient (Wildman–Crippen LogP) is 1.62. The van der Waals surface area contributed by atoms with Gasteiger partial charge < -0.3 is 14.2 Å². The SMILES string of the molecule is COCc1cnc(C)c(OC)c1C1CO1. The van der Waals surface area contributed by atoms with Crippen molar-refractivity contribution in [3.63, 3.8) is 0 Å². The fraction of sp³-hybridized carbons (Fsp3) is 0.545. The number of hydrogen-bond acceptors (Lipinski definition) is 4. The highest BCUT2D eigenvalue weighted by Gasteiger charge is 2.31. The first kappa shape index (κ1) is 10.4. The molecular formula is C11H15NO3. The molecule has 0 saturated carbocycles. The molecule has 0 amide bonds. The molecule has 4 heteroatoms. The molecule has 1 atom stereocenters. The van der Waals surface area contributed by atoms with Gasteiger partial charge in [0.2, 0.25) is 0 Å². The third-order valence-corrected chi connectivity index (χ3v) is 2.49. The van der Waals surface area contributed by atoms with E-state index in [-0.39, 0.29) is 6.10 Å². The average Bonchev–Trinajstić information content (AvgIpc) is 3.04. The molecule has 1 aromatic rings. The van der Waals surface area contributed by atoms with Crippen LogP contribution in [0.3, 0.4) is 0 Å². The second kappa shape index (κ2) is 4.16. The Labute approximate surface area is 89.2 Å². The normalized spacial score (nSPS) is 19.0. The minimum absolute atomic E-state index is 0.159. The molecule has 1 aliphatic rings. The molecule has 2 rings (SSSR count). The van der Waals surface area contributed by atoms with E-state index in [0.29, 0.717) is 6.61 Å². The van der Waals surface area contributed by atoms with Crippen LogP contribution in [-0.2, 0) is 16.1 Å². The number of hydrogen-bond donors (Lipinski definition) is 0. The van der Waals surface area contributed by atoms with E-state index in [2.05, 4.69) is 4.98 Å². The van der Waals surface area contributed by atoms with Crippen LogP contribution in [0.4, 0.5) is 0 Å². The fourth-order valence-corrected chi connectivity index (χ4v) is 1.74. The van der Waals surface area contributed by atoms with Crippen LogP contribution in [0.25, 0.3) is 0 Å². The zero-order chi connectivity index (χ0) is 10.8. The fourth-order valence-electron chi connectivity index (χ4n) is 1.74. The highest BCUT2D eigenvalue weighted by atomic mass is 16.6. The van der Waals surface area contributed by atoms with Crippen LogP contribution in [0.15, 0.2) is 6.20 Å². The third-order valence-electron chi connectivity index (χ3n) is 2.49. The molecule has 1 unspecified atom stereocenters. The monoisotopic (exact) mass is 209 g/mol. The topological polar surface area (TPSA) is 43.9 Å². The van der Waals surface area contributed by atoms with Gasteiger partial charge in [-0.1, -0.05) is 0 Å². The van der Waals surface area contributed by atoms with Crippen molar-refractivity contribution in [2.75, 3.05) is 20.8 Å². The van der Waals surface area contributed by atoms with Gasteiger partial charge in [-0.3, -0.25) is 4.98 Å². The van der Waals surface area contributed by atoms with Crippen molar-refractivity contribution >= 4 is 0 Å². The van der Waals surface area contributed by atoms with Gasteiger partial charge in [0.25, 0.3) is 0 Å². The maximum atomic E-state index is 5.37. The molecule has 1 fully saturated rings. The molecule has 1 aliphatic heterocycles. The van der Waals surface area contributed by atoms with E-state index in [4.69, 9.17) is 14.2 Å². The standard InChI is InChI=1S/C11H15NO3/c1-7-11(14-3)10(9-6-15-9)8(4-12-7)5-13-2/h4,9H,5-6H2,1-3H3. The van der Waals surface area contributed by atoms with Crippen LogP contribution in [-0.4, -0.2) is 25.8 Å². The minimum atomic E-state index is 0.159. The maximum absolute atomic E-state index is 5.37. The first-order valence-electron chi connectivity index (χ1n) is 4.90.